The molecule has 0 spiro atoms. The molecule has 2 N–H and O–H groups in total. The van der Waals surface area contributed by atoms with Crippen molar-refractivity contribution >= 4 is 40.3 Å². The SMILES string of the molecule is O=C(O)[C@H]1CC[C@H](Oc2nc3cc(Cl)c(-c4ccc(-c5cccc(Cl)c5)cc4)nc3[nH]2)CC1. The molecule has 168 valence electrons. The molecule has 0 aliphatic heterocycles. The van der Waals surface area contributed by atoms with Gasteiger partial charge in [0.1, 0.15) is 11.6 Å². The number of rotatable bonds is 5. The zero-order valence-electron chi connectivity index (χ0n) is 17.6. The minimum Gasteiger partial charge on any atom is -0.481 e. The molecule has 1 saturated carbocycles. The molecule has 2 heterocycles. The summed E-state index contributed by atoms with van der Waals surface area (Å²) in [4.78, 5) is 23.4. The van der Waals surface area contributed by atoms with Gasteiger partial charge in [0.05, 0.1) is 16.6 Å². The molecular weight excluding hydrogens is 461 g/mol. The normalized spacial score (nSPS) is 18.4. The summed E-state index contributed by atoms with van der Waals surface area (Å²) < 4.78 is 5.97. The summed E-state index contributed by atoms with van der Waals surface area (Å²) >= 11 is 12.6. The largest absolute Gasteiger partial charge is 0.481 e. The van der Waals surface area contributed by atoms with E-state index < -0.39 is 5.97 Å². The standard InChI is InChI=1S/C25H21Cl2N3O3/c26-18-3-1-2-17(12-18)14-4-6-15(7-5-14)22-20(27)13-21-23(29-22)30-25(28-21)33-19-10-8-16(9-11-19)24(31)32/h1-7,12-13,16,19H,8-11H2,(H,31,32)(H,28,29,30)/t16-,19-. The van der Waals surface area contributed by atoms with Crippen molar-refractivity contribution in [3.8, 4) is 28.4 Å². The maximum Gasteiger partial charge on any atom is 0.306 e. The van der Waals surface area contributed by atoms with Crippen LogP contribution in [0.5, 0.6) is 6.01 Å². The fraction of sp³-hybridized carbons (Fsp3) is 0.240. The van der Waals surface area contributed by atoms with Gasteiger partial charge in [-0.3, -0.25) is 9.78 Å². The molecular formula is C25H21Cl2N3O3. The first kappa shape index (κ1) is 21.7. The quantitative estimate of drug-likeness (QED) is 0.334. The van der Waals surface area contributed by atoms with E-state index in [0.29, 0.717) is 58.6 Å². The number of benzene rings is 2. The van der Waals surface area contributed by atoms with E-state index in [-0.39, 0.29) is 12.0 Å². The fourth-order valence-corrected chi connectivity index (χ4v) is 4.67. The Hall–Kier alpha value is -3.09. The van der Waals surface area contributed by atoms with Gasteiger partial charge in [0.25, 0.3) is 6.01 Å². The molecule has 1 fully saturated rings. The lowest BCUT2D eigenvalue weighted by molar-refractivity contribution is -0.143. The average Bonchev–Trinajstić information content (AvgIpc) is 3.20. The zero-order valence-corrected chi connectivity index (χ0v) is 19.1. The lowest BCUT2D eigenvalue weighted by Crippen LogP contribution is -2.28. The van der Waals surface area contributed by atoms with Crippen LogP contribution in [0.15, 0.2) is 54.6 Å². The highest BCUT2D eigenvalue weighted by Gasteiger charge is 2.27. The van der Waals surface area contributed by atoms with Gasteiger partial charge in [-0.15, -0.1) is 0 Å². The summed E-state index contributed by atoms with van der Waals surface area (Å²) in [6.07, 6.45) is 2.54. The highest BCUT2D eigenvalue weighted by molar-refractivity contribution is 6.33. The Morgan fingerprint density at radius 3 is 2.36 bits per heavy atom. The Labute approximate surface area is 200 Å². The number of carbonyl (C=O) groups is 1. The molecule has 0 unspecified atom stereocenters. The van der Waals surface area contributed by atoms with Crippen LogP contribution in [0, 0.1) is 5.92 Å². The molecule has 0 bridgehead atoms. The van der Waals surface area contributed by atoms with Crippen molar-refractivity contribution in [2.75, 3.05) is 0 Å². The minimum atomic E-state index is -0.732. The van der Waals surface area contributed by atoms with Crippen molar-refractivity contribution in [1.82, 2.24) is 15.0 Å². The van der Waals surface area contributed by atoms with E-state index in [9.17, 15) is 4.79 Å². The summed E-state index contributed by atoms with van der Waals surface area (Å²) in [5, 5.41) is 10.3. The number of aromatic nitrogens is 3. The number of nitrogens with one attached hydrogen (secondary N) is 1. The highest BCUT2D eigenvalue weighted by Crippen LogP contribution is 2.32. The molecule has 6 nitrogen and oxygen atoms in total. The number of H-pyrrole nitrogens is 1. The van der Waals surface area contributed by atoms with Gasteiger partial charge in [-0.1, -0.05) is 59.6 Å². The Balaban J connectivity index is 1.35. The van der Waals surface area contributed by atoms with Crippen molar-refractivity contribution in [2.45, 2.75) is 31.8 Å². The van der Waals surface area contributed by atoms with E-state index in [1.165, 1.54) is 0 Å². The first-order chi connectivity index (χ1) is 16.0. The fourth-order valence-electron chi connectivity index (χ4n) is 4.23. The summed E-state index contributed by atoms with van der Waals surface area (Å²) in [5.41, 5.74) is 4.83. The number of imidazole rings is 1. The van der Waals surface area contributed by atoms with Crippen LogP contribution in [0.4, 0.5) is 0 Å². The minimum absolute atomic E-state index is 0.0601. The van der Waals surface area contributed by atoms with Gasteiger partial charge < -0.3 is 9.84 Å². The molecule has 2 aromatic carbocycles. The van der Waals surface area contributed by atoms with E-state index in [0.717, 1.165) is 16.7 Å². The molecule has 4 aromatic rings. The number of carboxylic acid groups (broad SMARTS) is 1. The number of halogens is 2. The second-order valence-corrected chi connectivity index (χ2v) is 9.09. The molecule has 5 rings (SSSR count). The van der Waals surface area contributed by atoms with Crippen LogP contribution in [0.25, 0.3) is 33.5 Å². The van der Waals surface area contributed by atoms with Crippen LogP contribution in [0.2, 0.25) is 10.0 Å². The molecule has 33 heavy (non-hydrogen) atoms. The number of aromatic amines is 1. The third kappa shape index (κ3) is 4.68. The maximum absolute atomic E-state index is 11.1. The van der Waals surface area contributed by atoms with Gasteiger partial charge in [0, 0.05) is 10.6 Å². The first-order valence-electron chi connectivity index (χ1n) is 10.8. The molecule has 1 aliphatic carbocycles. The van der Waals surface area contributed by atoms with E-state index in [2.05, 4.69) is 15.0 Å². The number of ether oxygens (including phenoxy) is 1. The third-order valence-electron chi connectivity index (χ3n) is 6.02. The van der Waals surface area contributed by atoms with E-state index in [1.807, 2.05) is 48.5 Å². The smallest absolute Gasteiger partial charge is 0.306 e. The predicted octanol–water partition coefficient (Wildman–Crippen LogP) is 6.62. The molecule has 0 saturated heterocycles. The van der Waals surface area contributed by atoms with Crippen LogP contribution >= 0.6 is 23.2 Å². The van der Waals surface area contributed by atoms with Gasteiger partial charge in [0.2, 0.25) is 0 Å². The number of carboxylic acids is 1. The van der Waals surface area contributed by atoms with Crippen molar-refractivity contribution < 1.29 is 14.6 Å². The van der Waals surface area contributed by atoms with Gasteiger partial charge in [-0.25, -0.2) is 4.98 Å². The average molecular weight is 482 g/mol. The van der Waals surface area contributed by atoms with Gasteiger partial charge >= 0.3 is 5.97 Å². The lowest BCUT2D eigenvalue weighted by Gasteiger charge is -2.25. The van der Waals surface area contributed by atoms with Gasteiger partial charge in [0.15, 0.2) is 5.65 Å². The van der Waals surface area contributed by atoms with E-state index >= 15 is 0 Å². The number of hydrogen-bond acceptors (Lipinski definition) is 4. The topological polar surface area (TPSA) is 88.1 Å². The molecule has 0 atom stereocenters. The van der Waals surface area contributed by atoms with Crippen molar-refractivity contribution in [3.63, 3.8) is 0 Å². The maximum atomic E-state index is 11.1. The molecule has 2 aromatic heterocycles. The molecule has 1 aliphatic rings. The Morgan fingerprint density at radius 1 is 0.939 bits per heavy atom. The summed E-state index contributed by atoms with van der Waals surface area (Å²) in [7, 11) is 0. The van der Waals surface area contributed by atoms with Crippen LogP contribution in [-0.2, 0) is 4.79 Å². The number of fused-ring (bicyclic) bond motifs is 1. The Bertz CT molecular complexity index is 1310. The lowest BCUT2D eigenvalue weighted by atomic mass is 9.87. The summed E-state index contributed by atoms with van der Waals surface area (Å²) in [6, 6.07) is 17.8. The first-order valence-corrected chi connectivity index (χ1v) is 11.5. The van der Waals surface area contributed by atoms with Gasteiger partial charge in [-0.05, 0) is 55.0 Å². The second-order valence-electron chi connectivity index (χ2n) is 8.25. The van der Waals surface area contributed by atoms with Crippen molar-refractivity contribution in [2.24, 2.45) is 5.92 Å². The second kappa shape index (κ2) is 9.04. The molecule has 8 heteroatoms. The predicted molar refractivity (Wildman–Crippen MR) is 129 cm³/mol. The highest BCUT2D eigenvalue weighted by atomic mass is 35.5. The molecule has 0 amide bonds. The van der Waals surface area contributed by atoms with E-state index in [1.54, 1.807) is 6.07 Å². The van der Waals surface area contributed by atoms with Crippen LogP contribution in [0.1, 0.15) is 25.7 Å². The molecule has 0 radical (unpaired) electrons. The number of nitrogens with zero attached hydrogens (tertiary/aromatic N) is 2. The van der Waals surface area contributed by atoms with Crippen LogP contribution in [-0.4, -0.2) is 32.1 Å². The Morgan fingerprint density at radius 2 is 1.67 bits per heavy atom. The summed E-state index contributed by atoms with van der Waals surface area (Å²) in [5.74, 6) is -1.02. The van der Waals surface area contributed by atoms with Crippen molar-refractivity contribution in [1.29, 1.82) is 0 Å². The third-order valence-corrected chi connectivity index (χ3v) is 6.54. The summed E-state index contributed by atoms with van der Waals surface area (Å²) in [6.45, 7) is 0. The number of aliphatic carboxylic acids is 1. The van der Waals surface area contributed by atoms with Crippen LogP contribution < -0.4 is 4.74 Å². The van der Waals surface area contributed by atoms with Crippen LogP contribution in [0.3, 0.4) is 0 Å². The Kier molecular flexibility index (Phi) is 5.96. The van der Waals surface area contributed by atoms with Gasteiger partial charge in [-0.2, -0.15) is 4.98 Å². The van der Waals surface area contributed by atoms with Crippen molar-refractivity contribution in [3.05, 3.63) is 64.6 Å². The van der Waals surface area contributed by atoms with E-state index in [4.69, 9.17) is 33.0 Å². The number of hydrogen-bond donors (Lipinski definition) is 2. The number of pyridine rings is 1. The monoisotopic (exact) mass is 481 g/mol. The zero-order chi connectivity index (χ0) is 22.9.